The van der Waals surface area contributed by atoms with Crippen LogP contribution in [-0.4, -0.2) is 51.2 Å². The summed E-state index contributed by atoms with van der Waals surface area (Å²) in [7, 11) is 5.90. The monoisotopic (exact) mass is 388 g/mol. The van der Waals surface area contributed by atoms with Crippen molar-refractivity contribution in [2.45, 2.75) is 32.9 Å². The van der Waals surface area contributed by atoms with Gasteiger partial charge in [0.2, 0.25) is 0 Å². The highest BCUT2D eigenvalue weighted by Crippen LogP contribution is 2.18. The van der Waals surface area contributed by atoms with Crippen molar-refractivity contribution in [2.75, 3.05) is 34.3 Å². The first kappa shape index (κ1) is 21.3. The molecule has 0 fully saturated rings. The number of ether oxygens (including phenoxy) is 1. The third-order valence-electron chi connectivity index (χ3n) is 4.13. The molecule has 1 unspecified atom stereocenters. The number of hydrogen-bond acceptors (Lipinski definition) is 4. The SMILES string of the molecule is CN=C(NCc1ccccc1OCCN(C)C)NC(C)Cc1ccc(C)s1. The topological polar surface area (TPSA) is 48.9 Å². The molecule has 0 saturated carbocycles. The maximum absolute atomic E-state index is 5.94. The van der Waals surface area contributed by atoms with Crippen molar-refractivity contribution in [1.82, 2.24) is 15.5 Å². The van der Waals surface area contributed by atoms with E-state index in [4.69, 9.17) is 4.74 Å². The van der Waals surface area contributed by atoms with Crippen LogP contribution in [0.2, 0.25) is 0 Å². The average Bonchev–Trinajstić information content (AvgIpc) is 3.03. The molecule has 0 aliphatic heterocycles. The lowest BCUT2D eigenvalue weighted by Gasteiger charge is -2.19. The molecule has 0 saturated heterocycles. The standard InChI is InChI=1S/C21H32N4OS/c1-16(14-19-11-10-17(2)27-19)24-21(22-3)23-15-18-8-6-7-9-20(18)26-13-12-25(4)5/h6-11,16H,12-15H2,1-5H3,(H2,22,23,24). The minimum Gasteiger partial charge on any atom is -0.492 e. The largest absolute Gasteiger partial charge is 0.492 e. The number of aliphatic imine (C=N–C) groups is 1. The fraction of sp³-hybridized carbons (Fsp3) is 0.476. The first-order chi connectivity index (χ1) is 13.0. The lowest BCUT2D eigenvalue weighted by Crippen LogP contribution is -2.42. The highest BCUT2D eigenvalue weighted by Gasteiger charge is 2.09. The molecule has 0 bridgehead atoms. The van der Waals surface area contributed by atoms with Crippen molar-refractivity contribution >= 4 is 17.3 Å². The van der Waals surface area contributed by atoms with Crippen LogP contribution in [0.1, 0.15) is 22.2 Å². The van der Waals surface area contributed by atoms with E-state index in [0.717, 1.165) is 30.2 Å². The van der Waals surface area contributed by atoms with Gasteiger partial charge < -0.3 is 20.3 Å². The molecule has 0 aliphatic rings. The molecule has 6 heteroatoms. The van der Waals surface area contributed by atoms with Gasteiger partial charge in [0, 0.05) is 47.9 Å². The average molecular weight is 389 g/mol. The second-order valence-corrected chi connectivity index (χ2v) is 8.32. The van der Waals surface area contributed by atoms with Crippen molar-refractivity contribution in [3.8, 4) is 5.75 Å². The second kappa shape index (κ2) is 10.9. The molecule has 0 spiro atoms. The molecule has 148 valence electrons. The number of hydrogen-bond donors (Lipinski definition) is 2. The Morgan fingerprint density at radius 1 is 1.22 bits per heavy atom. The van der Waals surface area contributed by atoms with Crippen LogP contribution in [0.5, 0.6) is 5.75 Å². The molecule has 0 aliphatic carbocycles. The number of benzene rings is 1. The first-order valence-electron chi connectivity index (χ1n) is 9.36. The third kappa shape index (κ3) is 7.61. The highest BCUT2D eigenvalue weighted by atomic mass is 32.1. The van der Waals surface area contributed by atoms with Crippen molar-refractivity contribution in [3.63, 3.8) is 0 Å². The second-order valence-electron chi connectivity index (χ2n) is 6.95. The Hall–Kier alpha value is -2.05. The Morgan fingerprint density at radius 2 is 2.00 bits per heavy atom. The van der Waals surface area contributed by atoms with E-state index < -0.39 is 0 Å². The summed E-state index contributed by atoms with van der Waals surface area (Å²) in [4.78, 5) is 9.21. The Labute approximate surface area is 167 Å². The molecule has 1 aromatic heterocycles. The predicted molar refractivity (Wildman–Crippen MR) is 116 cm³/mol. The van der Waals surface area contributed by atoms with Gasteiger partial charge in [-0.3, -0.25) is 4.99 Å². The van der Waals surface area contributed by atoms with Gasteiger partial charge in [0.25, 0.3) is 0 Å². The zero-order chi connectivity index (χ0) is 19.6. The van der Waals surface area contributed by atoms with Gasteiger partial charge in [-0.05, 0) is 46.1 Å². The summed E-state index contributed by atoms with van der Waals surface area (Å²) in [6.07, 6.45) is 0.990. The smallest absolute Gasteiger partial charge is 0.191 e. The van der Waals surface area contributed by atoms with Crippen LogP contribution in [-0.2, 0) is 13.0 Å². The van der Waals surface area contributed by atoms with Crippen molar-refractivity contribution in [2.24, 2.45) is 4.99 Å². The van der Waals surface area contributed by atoms with Crippen molar-refractivity contribution in [1.29, 1.82) is 0 Å². The Balaban J connectivity index is 1.86. The van der Waals surface area contributed by atoms with Gasteiger partial charge in [-0.1, -0.05) is 18.2 Å². The van der Waals surface area contributed by atoms with Crippen molar-refractivity contribution < 1.29 is 4.74 Å². The molecule has 2 N–H and O–H groups in total. The molecule has 5 nitrogen and oxygen atoms in total. The molecular formula is C21H32N4OS. The number of para-hydroxylation sites is 1. The molecule has 27 heavy (non-hydrogen) atoms. The van der Waals surface area contributed by atoms with Crippen LogP contribution in [0.25, 0.3) is 0 Å². The summed E-state index contributed by atoms with van der Waals surface area (Å²) >= 11 is 1.85. The Bertz CT molecular complexity index is 726. The van der Waals surface area contributed by atoms with Crippen LogP contribution in [0.3, 0.4) is 0 Å². The quantitative estimate of drug-likeness (QED) is 0.511. The summed E-state index contributed by atoms with van der Waals surface area (Å²) in [5, 5.41) is 6.87. The third-order valence-corrected chi connectivity index (χ3v) is 5.15. The maximum atomic E-state index is 5.94. The molecule has 2 rings (SSSR count). The number of nitrogens with one attached hydrogen (secondary N) is 2. The van der Waals surface area contributed by atoms with Gasteiger partial charge in [-0.25, -0.2) is 0 Å². The van der Waals surface area contributed by atoms with E-state index in [-0.39, 0.29) is 0 Å². The molecule has 1 aromatic carbocycles. The lowest BCUT2D eigenvalue weighted by molar-refractivity contribution is 0.259. The number of nitrogens with zero attached hydrogens (tertiary/aromatic N) is 2. The van der Waals surface area contributed by atoms with E-state index in [1.54, 1.807) is 7.05 Å². The van der Waals surface area contributed by atoms with Gasteiger partial charge >= 0.3 is 0 Å². The van der Waals surface area contributed by atoms with Crippen LogP contribution in [0, 0.1) is 6.92 Å². The first-order valence-corrected chi connectivity index (χ1v) is 10.2. The van der Waals surface area contributed by atoms with E-state index in [9.17, 15) is 0 Å². The predicted octanol–water partition coefficient (Wildman–Crippen LogP) is 3.29. The van der Waals surface area contributed by atoms with Gasteiger partial charge in [0.15, 0.2) is 5.96 Å². The number of likely N-dealkylation sites (N-methyl/N-ethyl adjacent to an activating group) is 1. The van der Waals surface area contributed by atoms with E-state index in [1.807, 2.05) is 43.6 Å². The van der Waals surface area contributed by atoms with E-state index in [0.29, 0.717) is 19.2 Å². The summed E-state index contributed by atoms with van der Waals surface area (Å²) in [5.74, 6) is 1.73. The summed E-state index contributed by atoms with van der Waals surface area (Å²) in [6.45, 7) is 6.56. The molecular weight excluding hydrogens is 356 g/mol. The minimum atomic E-state index is 0.306. The van der Waals surface area contributed by atoms with Gasteiger partial charge in [0.05, 0.1) is 0 Å². The summed E-state index contributed by atoms with van der Waals surface area (Å²) in [5.41, 5.74) is 1.13. The summed E-state index contributed by atoms with van der Waals surface area (Å²) in [6, 6.07) is 12.8. The minimum absolute atomic E-state index is 0.306. The maximum Gasteiger partial charge on any atom is 0.191 e. The fourth-order valence-electron chi connectivity index (χ4n) is 2.68. The molecule has 1 atom stereocenters. The van der Waals surface area contributed by atoms with Crippen LogP contribution in [0.15, 0.2) is 41.4 Å². The summed E-state index contributed by atoms with van der Waals surface area (Å²) < 4.78 is 5.94. The Kier molecular flexibility index (Phi) is 8.61. The van der Waals surface area contributed by atoms with E-state index in [1.165, 1.54) is 9.75 Å². The van der Waals surface area contributed by atoms with Crippen LogP contribution < -0.4 is 15.4 Å². The van der Waals surface area contributed by atoms with Gasteiger partial charge in [0.1, 0.15) is 12.4 Å². The number of guanidine groups is 1. The molecule has 2 aromatic rings. The highest BCUT2D eigenvalue weighted by molar-refractivity contribution is 7.11. The van der Waals surface area contributed by atoms with Crippen LogP contribution in [0.4, 0.5) is 0 Å². The fourth-order valence-corrected chi connectivity index (χ4v) is 3.70. The molecule has 1 heterocycles. The van der Waals surface area contributed by atoms with E-state index >= 15 is 0 Å². The number of aryl methyl sites for hydroxylation is 1. The normalized spacial score (nSPS) is 12.9. The number of rotatable bonds is 9. The van der Waals surface area contributed by atoms with Crippen molar-refractivity contribution in [3.05, 3.63) is 51.7 Å². The zero-order valence-corrected chi connectivity index (χ0v) is 17.9. The zero-order valence-electron chi connectivity index (χ0n) is 17.1. The van der Waals surface area contributed by atoms with Crippen LogP contribution >= 0.6 is 11.3 Å². The Morgan fingerprint density at radius 3 is 2.67 bits per heavy atom. The molecule has 0 amide bonds. The number of thiophene rings is 1. The van der Waals surface area contributed by atoms with Gasteiger partial charge in [-0.15, -0.1) is 11.3 Å². The molecule has 0 radical (unpaired) electrons. The lowest BCUT2D eigenvalue weighted by atomic mass is 10.2. The van der Waals surface area contributed by atoms with Gasteiger partial charge in [-0.2, -0.15) is 0 Å². The van der Waals surface area contributed by atoms with E-state index in [2.05, 4.69) is 52.6 Å².